The fourth-order valence-electron chi connectivity index (χ4n) is 0.390. The first-order chi connectivity index (χ1) is 3.77. The molecule has 50 valence electrons. The van der Waals surface area contributed by atoms with Gasteiger partial charge in [0.1, 0.15) is 0 Å². The van der Waals surface area contributed by atoms with Crippen LogP contribution < -0.4 is 0 Å². The normalized spacial score (nSPS) is 13.9. The molecule has 0 aromatic rings. The van der Waals surface area contributed by atoms with Gasteiger partial charge in [0, 0.05) is 19.6 Å². The van der Waals surface area contributed by atoms with E-state index in [4.69, 9.17) is 4.74 Å². The summed E-state index contributed by atoms with van der Waals surface area (Å²) in [6, 6.07) is 0. The molecule has 0 aliphatic rings. The molecule has 0 heterocycles. The van der Waals surface area contributed by atoms with Crippen molar-refractivity contribution in [1.82, 2.24) is 0 Å². The van der Waals surface area contributed by atoms with Crippen molar-refractivity contribution in [3.8, 4) is 0 Å². The Kier molecular flexibility index (Phi) is 4.97. The van der Waals surface area contributed by atoms with Gasteiger partial charge in [-0.25, -0.2) is 4.39 Å². The van der Waals surface area contributed by atoms with Crippen molar-refractivity contribution in [1.29, 1.82) is 0 Å². The van der Waals surface area contributed by atoms with E-state index in [1.807, 2.05) is 6.92 Å². The Hall–Kier alpha value is -0.110. The van der Waals surface area contributed by atoms with Crippen LogP contribution in [0.1, 0.15) is 20.3 Å². The number of hydrogen-bond donors (Lipinski definition) is 0. The Labute approximate surface area is 49.8 Å². The lowest BCUT2D eigenvalue weighted by molar-refractivity contribution is 0.126. The summed E-state index contributed by atoms with van der Waals surface area (Å²) in [7, 11) is 0. The van der Waals surface area contributed by atoms with Crippen molar-refractivity contribution in [2.45, 2.75) is 26.4 Å². The third-order valence-electron chi connectivity index (χ3n) is 0.864. The molecule has 0 rings (SSSR count). The van der Waals surface area contributed by atoms with Gasteiger partial charge in [-0.05, 0) is 13.8 Å². The summed E-state index contributed by atoms with van der Waals surface area (Å²) in [5.41, 5.74) is 0. The van der Waals surface area contributed by atoms with E-state index in [0.29, 0.717) is 19.6 Å². The standard InChI is InChI=1S/C6H13FO/c1-3-8-5-4-6(2)7/h6H,3-5H2,1-2H3. The molecular formula is C6H13FO. The Morgan fingerprint density at radius 1 is 1.62 bits per heavy atom. The predicted octanol–water partition coefficient (Wildman–Crippen LogP) is 1.77. The van der Waals surface area contributed by atoms with Crippen LogP contribution in [0.5, 0.6) is 0 Å². The first-order valence-electron chi connectivity index (χ1n) is 2.99. The molecule has 8 heavy (non-hydrogen) atoms. The summed E-state index contributed by atoms with van der Waals surface area (Å²) in [5.74, 6) is 0. The summed E-state index contributed by atoms with van der Waals surface area (Å²) < 4.78 is 16.8. The average molecular weight is 120 g/mol. The molecule has 1 nitrogen and oxygen atoms in total. The van der Waals surface area contributed by atoms with Crippen LogP contribution in [0.2, 0.25) is 0 Å². The highest BCUT2D eigenvalue weighted by Crippen LogP contribution is 1.94. The molecule has 0 saturated heterocycles. The second kappa shape index (κ2) is 5.04. The second-order valence-electron chi connectivity index (χ2n) is 1.77. The van der Waals surface area contributed by atoms with E-state index in [-0.39, 0.29) is 0 Å². The largest absolute Gasteiger partial charge is 0.382 e. The molecule has 0 bridgehead atoms. The molecule has 0 spiro atoms. The monoisotopic (exact) mass is 120 g/mol. The fraction of sp³-hybridized carbons (Fsp3) is 1.00. The molecule has 0 aliphatic carbocycles. The van der Waals surface area contributed by atoms with Crippen molar-refractivity contribution in [3.63, 3.8) is 0 Å². The zero-order chi connectivity index (χ0) is 6.41. The fourth-order valence-corrected chi connectivity index (χ4v) is 0.390. The van der Waals surface area contributed by atoms with E-state index in [0.717, 1.165) is 0 Å². The van der Waals surface area contributed by atoms with Gasteiger partial charge in [-0.15, -0.1) is 0 Å². The Bertz CT molecular complexity index is 45.8. The van der Waals surface area contributed by atoms with E-state index in [1.54, 1.807) is 6.92 Å². The summed E-state index contributed by atoms with van der Waals surface area (Å²) in [6.45, 7) is 4.68. The number of rotatable bonds is 4. The first-order valence-corrected chi connectivity index (χ1v) is 2.99. The zero-order valence-corrected chi connectivity index (χ0v) is 5.48. The zero-order valence-electron chi connectivity index (χ0n) is 5.48. The minimum Gasteiger partial charge on any atom is -0.382 e. The smallest absolute Gasteiger partial charge is 0.0995 e. The van der Waals surface area contributed by atoms with Crippen LogP contribution in [-0.4, -0.2) is 19.4 Å². The van der Waals surface area contributed by atoms with E-state index in [9.17, 15) is 4.39 Å². The second-order valence-corrected chi connectivity index (χ2v) is 1.77. The van der Waals surface area contributed by atoms with E-state index >= 15 is 0 Å². The maximum absolute atomic E-state index is 11.9. The average Bonchev–Trinajstić information content (AvgIpc) is 1.66. The van der Waals surface area contributed by atoms with E-state index in [2.05, 4.69) is 0 Å². The van der Waals surface area contributed by atoms with Crippen molar-refractivity contribution in [3.05, 3.63) is 0 Å². The van der Waals surface area contributed by atoms with Crippen LogP contribution >= 0.6 is 0 Å². The van der Waals surface area contributed by atoms with E-state index < -0.39 is 6.17 Å². The van der Waals surface area contributed by atoms with Crippen LogP contribution in [0.4, 0.5) is 4.39 Å². The van der Waals surface area contributed by atoms with Crippen molar-refractivity contribution < 1.29 is 9.13 Å². The van der Waals surface area contributed by atoms with Crippen molar-refractivity contribution >= 4 is 0 Å². The van der Waals surface area contributed by atoms with Gasteiger partial charge in [0.15, 0.2) is 0 Å². The lowest BCUT2D eigenvalue weighted by Crippen LogP contribution is -2.00. The van der Waals surface area contributed by atoms with Gasteiger partial charge in [0.25, 0.3) is 0 Å². The first kappa shape index (κ1) is 7.89. The molecule has 0 aromatic heterocycles. The molecule has 0 saturated carbocycles. The maximum Gasteiger partial charge on any atom is 0.0995 e. The Balaban J connectivity index is 2.72. The predicted molar refractivity (Wildman–Crippen MR) is 31.7 cm³/mol. The number of halogens is 1. The highest BCUT2D eigenvalue weighted by Gasteiger charge is 1.94. The molecule has 0 amide bonds. The third kappa shape index (κ3) is 5.89. The summed E-state index contributed by atoms with van der Waals surface area (Å²) in [4.78, 5) is 0. The minimum atomic E-state index is -0.721. The molecule has 0 radical (unpaired) electrons. The Morgan fingerprint density at radius 3 is 2.62 bits per heavy atom. The highest BCUT2D eigenvalue weighted by atomic mass is 19.1. The number of alkyl halides is 1. The van der Waals surface area contributed by atoms with Gasteiger partial charge in [-0.1, -0.05) is 0 Å². The van der Waals surface area contributed by atoms with Crippen LogP contribution in [0, 0.1) is 0 Å². The number of ether oxygens (including phenoxy) is 1. The molecule has 0 aromatic carbocycles. The molecular weight excluding hydrogens is 107 g/mol. The van der Waals surface area contributed by atoms with Crippen molar-refractivity contribution in [2.75, 3.05) is 13.2 Å². The summed E-state index contributed by atoms with van der Waals surface area (Å²) in [5, 5.41) is 0. The molecule has 2 heteroatoms. The summed E-state index contributed by atoms with van der Waals surface area (Å²) in [6.07, 6.45) is -0.199. The topological polar surface area (TPSA) is 9.23 Å². The van der Waals surface area contributed by atoms with Gasteiger partial charge in [-0.2, -0.15) is 0 Å². The molecule has 0 fully saturated rings. The van der Waals surface area contributed by atoms with Gasteiger partial charge in [0.2, 0.25) is 0 Å². The minimum absolute atomic E-state index is 0.522. The van der Waals surface area contributed by atoms with Gasteiger partial charge >= 0.3 is 0 Å². The van der Waals surface area contributed by atoms with Crippen LogP contribution in [-0.2, 0) is 4.74 Å². The molecule has 0 aliphatic heterocycles. The lowest BCUT2D eigenvalue weighted by atomic mass is 10.3. The quantitative estimate of drug-likeness (QED) is 0.514. The highest BCUT2D eigenvalue weighted by molar-refractivity contribution is 4.43. The van der Waals surface area contributed by atoms with Crippen LogP contribution in [0.15, 0.2) is 0 Å². The number of hydrogen-bond acceptors (Lipinski definition) is 1. The van der Waals surface area contributed by atoms with E-state index in [1.165, 1.54) is 0 Å². The summed E-state index contributed by atoms with van der Waals surface area (Å²) >= 11 is 0. The van der Waals surface area contributed by atoms with Gasteiger partial charge < -0.3 is 4.74 Å². The molecule has 1 unspecified atom stereocenters. The van der Waals surface area contributed by atoms with Gasteiger partial charge in [0.05, 0.1) is 6.17 Å². The SMILES string of the molecule is CCOCCC(C)F. The molecule has 1 atom stereocenters. The lowest BCUT2D eigenvalue weighted by Gasteiger charge is -1.99. The maximum atomic E-state index is 11.9. The Morgan fingerprint density at radius 2 is 2.25 bits per heavy atom. The van der Waals surface area contributed by atoms with Crippen molar-refractivity contribution in [2.24, 2.45) is 0 Å². The van der Waals surface area contributed by atoms with Crippen LogP contribution in [0.25, 0.3) is 0 Å². The van der Waals surface area contributed by atoms with Crippen LogP contribution in [0.3, 0.4) is 0 Å². The van der Waals surface area contributed by atoms with Gasteiger partial charge in [-0.3, -0.25) is 0 Å². The molecule has 0 N–H and O–H groups in total. The third-order valence-corrected chi connectivity index (χ3v) is 0.864.